The minimum atomic E-state index is -1.07. The van der Waals surface area contributed by atoms with Crippen LogP contribution in [0.1, 0.15) is 38.2 Å². The van der Waals surface area contributed by atoms with Gasteiger partial charge in [-0.25, -0.2) is 9.48 Å². The molecule has 134 valence electrons. The molecule has 0 bridgehead atoms. The zero-order valence-electron chi connectivity index (χ0n) is 15.2. The van der Waals surface area contributed by atoms with Crippen LogP contribution in [0.5, 0.6) is 0 Å². The van der Waals surface area contributed by atoms with Crippen molar-refractivity contribution in [2.45, 2.75) is 27.7 Å². The summed E-state index contributed by atoms with van der Waals surface area (Å²) in [5.41, 5.74) is 2.88. The number of rotatable bonds is 5. The van der Waals surface area contributed by atoms with E-state index in [1.165, 1.54) is 13.0 Å². The van der Waals surface area contributed by atoms with Gasteiger partial charge in [0.25, 0.3) is 0 Å². The predicted molar refractivity (Wildman–Crippen MR) is 102 cm³/mol. The normalized spacial score (nSPS) is 11.7. The number of carboxylic acids is 1. The zero-order valence-corrected chi connectivity index (χ0v) is 15.2. The molecule has 0 atom stereocenters. The summed E-state index contributed by atoms with van der Waals surface area (Å²) in [6, 6.07) is 8.73. The fourth-order valence-corrected chi connectivity index (χ4v) is 2.01. The summed E-state index contributed by atoms with van der Waals surface area (Å²) in [4.78, 5) is 19.7. The molecule has 2 aromatic rings. The molecule has 2 rings (SSSR count). The zero-order chi connectivity index (χ0) is 19.5. The highest BCUT2D eigenvalue weighted by Crippen LogP contribution is 2.21. The van der Waals surface area contributed by atoms with Gasteiger partial charge in [-0.2, -0.15) is 10.4 Å². The molecule has 0 aromatic carbocycles. The van der Waals surface area contributed by atoms with E-state index in [-0.39, 0.29) is 5.69 Å². The molecule has 0 radical (unpaired) electrons. The maximum atomic E-state index is 11.2. The minimum absolute atomic E-state index is 0.0225. The molecule has 0 aliphatic carbocycles. The van der Waals surface area contributed by atoms with Crippen LogP contribution < -0.4 is 0 Å². The van der Waals surface area contributed by atoms with E-state index in [1.54, 1.807) is 29.2 Å². The molecule has 0 saturated heterocycles. The van der Waals surface area contributed by atoms with Crippen LogP contribution in [0, 0.1) is 11.3 Å². The highest BCUT2D eigenvalue weighted by atomic mass is 16.4. The van der Waals surface area contributed by atoms with Gasteiger partial charge in [0.05, 0.1) is 17.5 Å². The molecule has 2 aromatic heterocycles. The molecule has 0 spiro atoms. The van der Waals surface area contributed by atoms with Crippen molar-refractivity contribution >= 4 is 17.9 Å². The van der Waals surface area contributed by atoms with Crippen molar-refractivity contribution in [1.29, 1.82) is 5.26 Å². The number of nitrogens with zero attached hydrogens (tertiary/aromatic N) is 5. The molecule has 7 heteroatoms. The van der Waals surface area contributed by atoms with Crippen molar-refractivity contribution in [1.82, 2.24) is 14.8 Å². The number of nitriles is 1. The van der Waals surface area contributed by atoms with Gasteiger partial charge in [0.15, 0.2) is 5.69 Å². The molecule has 0 aliphatic rings. The van der Waals surface area contributed by atoms with E-state index in [0.29, 0.717) is 11.4 Å². The number of allylic oxidation sites excluding steroid dienone is 4. The van der Waals surface area contributed by atoms with Gasteiger partial charge in [0, 0.05) is 36.8 Å². The van der Waals surface area contributed by atoms with Gasteiger partial charge in [0.2, 0.25) is 0 Å². The van der Waals surface area contributed by atoms with E-state index < -0.39 is 5.97 Å². The predicted octanol–water partition coefficient (Wildman–Crippen LogP) is 4.03. The van der Waals surface area contributed by atoms with Crippen molar-refractivity contribution in [2.24, 2.45) is 4.99 Å². The third-order valence-electron chi connectivity index (χ3n) is 3.09. The molecular weight excluding hydrogens is 330 g/mol. The first-order chi connectivity index (χ1) is 12.4. The molecule has 0 fully saturated rings. The first-order valence-corrected chi connectivity index (χ1v) is 7.84. The fraction of sp³-hybridized carbons (Fsp3) is 0.211. The number of pyridine rings is 1. The topological polar surface area (TPSA) is 104 Å². The molecule has 2 heterocycles. The van der Waals surface area contributed by atoms with Gasteiger partial charge in [-0.1, -0.05) is 6.07 Å². The second-order valence-corrected chi connectivity index (χ2v) is 5.07. The van der Waals surface area contributed by atoms with Crippen LogP contribution >= 0.6 is 0 Å². The van der Waals surface area contributed by atoms with E-state index in [9.17, 15) is 9.90 Å². The largest absolute Gasteiger partial charge is 0.476 e. The summed E-state index contributed by atoms with van der Waals surface area (Å²) in [6.07, 6.45) is 7.06. The lowest BCUT2D eigenvalue weighted by Crippen LogP contribution is -2.02. The summed E-state index contributed by atoms with van der Waals surface area (Å²) < 4.78 is 1.57. The summed E-state index contributed by atoms with van der Waals surface area (Å²) >= 11 is 0. The third-order valence-corrected chi connectivity index (χ3v) is 3.09. The first kappa shape index (κ1) is 20.5. The summed E-state index contributed by atoms with van der Waals surface area (Å²) in [6.45, 7) is 7.01. The van der Waals surface area contributed by atoms with Gasteiger partial charge in [0.1, 0.15) is 0 Å². The Hall–Kier alpha value is -3.53. The Kier molecular flexibility index (Phi) is 8.17. The lowest BCUT2D eigenvalue weighted by molar-refractivity contribution is 0.0690. The Labute approximate surface area is 152 Å². The SMILES string of the molecule is CC#N.CC=N/C(C)=C\C=C(/C)n1nc(C(=O)O)cc1-c1ccccn1. The second-order valence-electron chi connectivity index (χ2n) is 5.07. The summed E-state index contributed by atoms with van der Waals surface area (Å²) in [5, 5.41) is 20.7. The van der Waals surface area contributed by atoms with Crippen LogP contribution in [0.15, 0.2) is 53.3 Å². The molecule has 0 saturated carbocycles. The van der Waals surface area contributed by atoms with Crippen LogP contribution in [0.25, 0.3) is 17.1 Å². The van der Waals surface area contributed by atoms with Crippen LogP contribution in [-0.2, 0) is 0 Å². The monoisotopic (exact) mass is 351 g/mol. The van der Waals surface area contributed by atoms with Crippen molar-refractivity contribution in [3.63, 3.8) is 0 Å². The van der Waals surface area contributed by atoms with Crippen LogP contribution in [0.4, 0.5) is 0 Å². The summed E-state index contributed by atoms with van der Waals surface area (Å²) in [7, 11) is 0. The molecular formula is C19H21N5O2. The van der Waals surface area contributed by atoms with Crippen LogP contribution in [0.3, 0.4) is 0 Å². The van der Waals surface area contributed by atoms with E-state index in [2.05, 4.69) is 15.1 Å². The van der Waals surface area contributed by atoms with Gasteiger partial charge >= 0.3 is 5.97 Å². The Morgan fingerprint density at radius 2 is 2.04 bits per heavy atom. The van der Waals surface area contributed by atoms with Crippen LogP contribution in [-0.4, -0.2) is 32.1 Å². The Morgan fingerprint density at radius 3 is 2.58 bits per heavy atom. The average molecular weight is 351 g/mol. The number of aromatic carboxylic acids is 1. The Morgan fingerprint density at radius 1 is 1.35 bits per heavy atom. The van der Waals surface area contributed by atoms with Gasteiger partial charge in [-0.3, -0.25) is 9.98 Å². The lowest BCUT2D eigenvalue weighted by atomic mass is 10.2. The number of carboxylic acid groups (broad SMARTS) is 1. The highest BCUT2D eigenvalue weighted by molar-refractivity contribution is 5.87. The molecule has 0 unspecified atom stereocenters. The third kappa shape index (κ3) is 5.83. The van der Waals surface area contributed by atoms with E-state index in [1.807, 2.05) is 45.1 Å². The molecule has 26 heavy (non-hydrogen) atoms. The Balaban J connectivity index is 0.00000105. The van der Waals surface area contributed by atoms with Crippen molar-refractivity contribution in [3.05, 3.63) is 54.0 Å². The minimum Gasteiger partial charge on any atom is -0.476 e. The van der Waals surface area contributed by atoms with E-state index in [0.717, 1.165) is 11.4 Å². The number of aromatic nitrogens is 3. The second kappa shape index (κ2) is 10.4. The van der Waals surface area contributed by atoms with Crippen molar-refractivity contribution in [3.8, 4) is 17.5 Å². The smallest absolute Gasteiger partial charge is 0.356 e. The van der Waals surface area contributed by atoms with Gasteiger partial charge in [-0.15, -0.1) is 0 Å². The summed E-state index contributed by atoms with van der Waals surface area (Å²) in [5.74, 6) is -1.07. The van der Waals surface area contributed by atoms with Gasteiger partial charge in [-0.05, 0) is 45.1 Å². The Bertz CT molecular complexity index is 871. The quantitative estimate of drug-likeness (QED) is 0.647. The number of hydrogen-bond donors (Lipinski definition) is 1. The lowest BCUT2D eigenvalue weighted by Gasteiger charge is -2.06. The molecule has 0 aliphatic heterocycles. The molecule has 0 amide bonds. The first-order valence-electron chi connectivity index (χ1n) is 7.84. The van der Waals surface area contributed by atoms with Crippen molar-refractivity contribution in [2.75, 3.05) is 0 Å². The maximum Gasteiger partial charge on any atom is 0.356 e. The number of carbonyl (C=O) groups is 1. The number of hydrogen-bond acceptors (Lipinski definition) is 5. The maximum absolute atomic E-state index is 11.2. The molecule has 1 N–H and O–H groups in total. The van der Waals surface area contributed by atoms with E-state index >= 15 is 0 Å². The van der Waals surface area contributed by atoms with E-state index in [4.69, 9.17) is 5.26 Å². The highest BCUT2D eigenvalue weighted by Gasteiger charge is 2.16. The standard InChI is InChI=1S/C17H18N4O2.C2H3N/c1-4-18-12(2)8-9-13(3)21-16(11-15(20-21)17(22)23)14-7-5-6-10-19-14;1-2-3/h4-11H,1-3H3,(H,22,23);1H3/b12-8-,13-9+,18-4?;. The average Bonchev–Trinajstić information content (AvgIpc) is 3.07. The molecule has 7 nitrogen and oxygen atoms in total. The number of aliphatic imine (C=N–C) groups is 1. The van der Waals surface area contributed by atoms with Crippen molar-refractivity contribution < 1.29 is 9.90 Å². The fourth-order valence-electron chi connectivity index (χ4n) is 2.01. The van der Waals surface area contributed by atoms with Crippen LogP contribution in [0.2, 0.25) is 0 Å². The van der Waals surface area contributed by atoms with Gasteiger partial charge < -0.3 is 5.11 Å².